The van der Waals surface area contributed by atoms with Crippen LogP contribution in [0.25, 0.3) is 0 Å². The van der Waals surface area contributed by atoms with Crippen LogP contribution >= 0.6 is 11.8 Å². The first-order chi connectivity index (χ1) is 14.9. The zero-order valence-corrected chi connectivity index (χ0v) is 18.9. The fourth-order valence-electron chi connectivity index (χ4n) is 3.76. The topological polar surface area (TPSA) is 47.6 Å². The highest BCUT2D eigenvalue weighted by molar-refractivity contribution is 7.98. The van der Waals surface area contributed by atoms with Gasteiger partial charge in [0.15, 0.2) is 0 Å². The summed E-state index contributed by atoms with van der Waals surface area (Å²) in [7, 11) is 1.64. The fourth-order valence-corrected chi connectivity index (χ4v) is 4.64. The van der Waals surface area contributed by atoms with Crippen molar-refractivity contribution < 1.29 is 14.3 Å². The maximum Gasteiger partial charge on any atom is 0.251 e. The Balaban J connectivity index is 1.44. The summed E-state index contributed by atoms with van der Waals surface area (Å²) in [5.41, 5.74) is 2.45. The van der Waals surface area contributed by atoms with Crippen molar-refractivity contribution in [3.8, 4) is 11.5 Å². The van der Waals surface area contributed by atoms with Gasteiger partial charge in [0.25, 0.3) is 5.91 Å². The van der Waals surface area contributed by atoms with E-state index in [1.807, 2.05) is 74.5 Å². The zero-order valence-electron chi connectivity index (χ0n) is 18.1. The van der Waals surface area contributed by atoms with E-state index in [1.54, 1.807) is 18.9 Å². The molecule has 0 aliphatic carbocycles. The minimum Gasteiger partial charge on any atom is -0.497 e. The standard InChI is InChI=1S/C26H27NO3S/c1-26(2)16-23(22-14-13-20(29-3)15-24(22)30-26)27-25(28)19-11-9-18(10-12-19)17-31-21-7-5-4-6-8-21/h4-15,23H,16-17H2,1-3H3,(H,27,28). The Morgan fingerprint density at radius 3 is 2.55 bits per heavy atom. The molecule has 0 saturated carbocycles. The minimum absolute atomic E-state index is 0.0771. The normalized spacial score (nSPS) is 16.7. The van der Waals surface area contributed by atoms with Crippen LogP contribution in [0.1, 0.15) is 47.8 Å². The van der Waals surface area contributed by atoms with E-state index in [0.29, 0.717) is 12.0 Å². The van der Waals surface area contributed by atoms with Crippen LogP contribution in [0.15, 0.2) is 77.7 Å². The summed E-state index contributed by atoms with van der Waals surface area (Å²) in [5, 5.41) is 3.20. The van der Waals surface area contributed by atoms with Crippen molar-refractivity contribution in [1.29, 1.82) is 0 Å². The van der Waals surface area contributed by atoms with Crippen molar-refractivity contribution in [1.82, 2.24) is 5.32 Å². The molecule has 1 N–H and O–H groups in total. The molecular formula is C26H27NO3S. The molecule has 5 heteroatoms. The lowest BCUT2D eigenvalue weighted by molar-refractivity contribution is 0.0617. The van der Waals surface area contributed by atoms with E-state index >= 15 is 0 Å². The van der Waals surface area contributed by atoms with E-state index < -0.39 is 0 Å². The quantitative estimate of drug-likeness (QED) is 0.483. The number of rotatable bonds is 6. The minimum atomic E-state index is -0.379. The van der Waals surface area contributed by atoms with E-state index in [-0.39, 0.29) is 17.6 Å². The first kappa shape index (κ1) is 21.3. The van der Waals surface area contributed by atoms with Crippen LogP contribution in [0.4, 0.5) is 0 Å². The molecule has 0 radical (unpaired) electrons. The lowest BCUT2D eigenvalue weighted by atomic mass is 9.89. The molecule has 1 aliphatic rings. The van der Waals surface area contributed by atoms with E-state index in [1.165, 1.54) is 10.5 Å². The molecular weight excluding hydrogens is 406 g/mol. The van der Waals surface area contributed by atoms with Gasteiger partial charge in [-0.1, -0.05) is 30.3 Å². The number of nitrogens with one attached hydrogen (secondary N) is 1. The number of hydrogen-bond donors (Lipinski definition) is 1. The molecule has 0 saturated heterocycles. The summed E-state index contributed by atoms with van der Waals surface area (Å²) in [6.07, 6.45) is 0.698. The fraction of sp³-hybridized carbons (Fsp3) is 0.269. The number of hydrogen-bond acceptors (Lipinski definition) is 4. The van der Waals surface area contributed by atoms with Gasteiger partial charge >= 0.3 is 0 Å². The summed E-state index contributed by atoms with van der Waals surface area (Å²) >= 11 is 1.79. The number of carbonyl (C=O) groups is 1. The Kier molecular flexibility index (Phi) is 6.23. The number of benzene rings is 3. The van der Waals surface area contributed by atoms with E-state index in [2.05, 4.69) is 17.4 Å². The molecule has 1 unspecified atom stereocenters. The predicted molar refractivity (Wildman–Crippen MR) is 125 cm³/mol. The third kappa shape index (κ3) is 5.23. The third-order valence-corrected chi connectivity index (χ3v) is 6.43. The predicted octanol–water partition coefficient (Wildman–Crippen LogP) is 6.02. The van der Waals surface area contributed by atoms with Gasteiger partial charge in [0.2, 0.25) is 0 Å². The van der Waals surface area contributed by atoms with Gasteiger partial charge in [0, 0.05) is 34.3 Å². The molecule has 0 spiro atoms. The second-order valence-electron chi connectivity index (χ2n) is 8.29. The molecule has 0 aromatic heterocycles. The van der Waals surface area contributed by atoms with Gasteiger partial charge in [0.05, 0.1) is 13.2 Å². The van der Waals surface area contributed by atoms with Crippen molar-refractivity contribution in [2.45, 2.75) is 42.6 Å². The van der Waals surface area contributed by atoms with Crippen LogP contribution in [-0.2, 0) is 5.75 Å². The lowest BCUT2D eigenvalue weighted by Crippen LogP contribution is -2.41. The van der Waals surface area contributed by atoms with Crippen molar-refractivity contribution in [3.63, 3.8) is 0 Å². The Bertz CT molecular complexity index is 1050. The van der Waals surface area contributed by atoms with Crippen LogP contribution in [0, 0.1) is 0 Å². The Hall–Kier alpha value is -2.92. The molecule has 1 atom stereocenters. The van der Waals surface area contributed by atoms with Crippen LogP contribution in [0.5, 0.6) is 11.5 Å². The Morgan fingerprint density at radius 1 is 1.10 bits per heavy atom. The third-order valence-electron chi connectivity index (χ3n) is 5.35. The van der Waals surface area contributed by atoms with Gasteiger partial charge in [-0.3, -0.25) is 4.79 Å². The van der Waals surface area contributed by atoms with E-state index in [0.717, 1.165) is 22.8 Å². The largest absolute Gasteiger partial charge is 0.497 e. The van der Waals surface area contributed by atoms with Crippen molar-refractivity contribution in [3.05, 3.63) is 89.5 Å². The number of carbonyl (C=O) groups excluding carboxylic acids is 1. The van der Waals surface area contributed by atoms with Gasteiger partial charge in [0.1, 0.15) is 17.1 Å². The van der Waals surface area contributed by atoms with Gasteiger partial charge in [-0.25, -0.2) is 0 Å². The van der Waals surface area contributed by atoms with Gasteiger partial charge < -0.3 is 14.8 Å². The summed E-state index contributed by atoms with van der Waals surface area (Å²) in [4.78, 5) is 14.2. The summed E-state index contributed by atoms with van der Waals surface area (Å²) in [6, 6.07) is 23.8. The molecule has 0 fully saturated rings. The summed E-state index contributed by atoms with van der Waals surface area (Å²) in [6.45, 7) is 4.07. The second kappa shape index (κ2) is 9.06. The van der Waals surface area contributed by atoms with E-state index in [9.17, 15) is 4.79 Å². The smallest absolute Gasteiger partial charge is 0.251 e. The second-order valence-corrected chi connectivity index (χ2v) is 9.34. The molecule has 160 valence electrons. The Labute approximate surface area is 188 Å². The van der Waals surface area contributed by atoms with Crippen molar-refractivity contribution >= 4 is 17.7 Å². The Morgan fingerprint density at radius 2 is 1.84 bits per heavy atom. The van der Waals surface area contributed by atoms with Gasteiger partial charge in [-0.2, -0.15) is 0 Å². The number of amides is 1. The van der Waals surface area contributed by atoms with Crippen LogP contribution < -0.4 is 14.8 Å². The summed E-state index contributed by atoms with van der Waals surface area (Å²) in [5.74, 6) is 2.29. The summed E-state index contributed by atoms with van der Waals surface area (Å²) < 4.78 is 11.4. The maximum atomic E-state index is 13.0. The number of thioether (sulfide) groups is 1. The van der Waals surface area contributed by atoms with Crippen LogP contribution in [-0.4, -0.2) is 18.6 Å². The first-order valence-electron chi connectivity index (χ1n) is 10.4. The molecule has 0 bridgehead atoms. The first-order valence-corrected chi connectivity index (χ1v) is 11.4. The monoisotopic (exact) mass is 433 g/mol. The lowest BCUT2D eigenvalue weighted by Gasteiger charge is -2.38. The highest BCUT2D eigenvalue weighted by Crippen LogP contribution is 2.41. The molecule has 1 amide bonds. The highest BCUT2D eigenvalue weighted by Gasteiger charge is 2.35. The molecule has 31 heavy (non-hydrogen) atoms. The van der Waals surface area contributed by atoms with Crippen molar-refractivity contribution in [2.24, 2.45) is 0 Å². The zero-order chi connectivity index (χ0) is 21.8. The highest BCUT2D eigenvalue weighted by atomic mass is 32.2. The average Bonchev–Trinajstić information content (AvgIpc) is 2.77. The molecule has 3 aromatic carbocycles. The SMILES string of the molecule is COc1ccc2c(c1)OC(C)(C)CC2NC(=O)c1ccc(CSc2ccccc2)cc1. The number of fused-ring (bicyclic) bond motifs is 1. The number of methoxy groups -OCH3 is 1. The van der Waals surface area contributed by atoms with Gasteiger partial charge in [-0.05, 0) is 55.8 Å². The average molecular weight is 434 g/mol. The molecule has 4 nitrogen and oxygen atoms in total. The van der Waals surface area contributed by atoms with Crippen molar-refractivity contribution in [2.75, 3.05) is 7.11 Å². The van der Waals surface area contributed by atoms with Crippen LogP contribution in [0.3, 0.4) is 0 Å². The molecule has 4 rings (SSSR count). The maximum absolute atomic E-state index is 13.0. The molecule has 1 aliphatic heterocycles. The number of ether oxygens (including phenoxy) is 2. The van der Waals surface area contributed by atoms with Crippen LogP contribution in [0.2, 0.25) is 0 Å². The van der Waals surface area contributed by atoms with E-state index in [4.69, 9.17) is 9.47 Å². The van der Waals surface area contributed by atoms with Gasteiger partial charge in [-0.15, -0.1) is 11.8 Å². The molecule has 1 heterocycles. The molecule has 3 aromatic rings.